The van der Waals surface area contributed by atoms with Crippen LogP contribution in [0.1, 0.15) is 22.2 Å². The second kappa shape index (κ2) is 7.72. The van der Waals surface area contributed by atoms with Gasteiger partial charge in [-0.2, -0.15) is 13.5 Å². The lowest BCUT2D eigenvalue weighted by molar-refractivity contribution is 0.0940. The Balaban J connectivity index is 0.00000180. The van der Waals surface area contributed by atoms with Crippen molar-refractivity contribution in [1.29, 1.82) is 0 Å². The number of hydrogen-bond acceptors (Lipinski definition) is 2. The first-order valence-electron chi connectivity index (χ1n) is 5.74. The minimum Gasteiger partial charge on any atom is -0.349 e. The molecular formula is C14H16BrNOS2. The first kappa shape index (κ1) is 16.3. The van der Waals surface area contributed by atoms with Gasteiger partial charge in [0.25, 0.3) is 5.91 Å². The predicted octanol–water partition coefficient (Wildman–Crippen LogP) is 3.98. The summed E-state index contributed by atoms with van der Waals surface area (Å²) in [7, 11) is 0. The summed E-state index contributed by atoms with van der Waals surface area (Å²) in [4.78, 5) is 13.3. The molecule has 0 aliphatic rings. The van der Waals surface area contributed by atoms with E-state index in [0.29, 0.717) is 5.56 Å². The number of nitrogens with one attached hydrogen (secondary N) is 1. The van der Waals surface area contributed by atoms with Gasteiger partial charge in [-0.25, -0.2) is 0 Å². The van der Waals surface area contributed by atoms with E-state index in [1.165, 1.54) is 4.88 Å². The fourth-order valence-corrected chi connectivity index (χ4v) is 2.95. The number of rotatable bonds is 4. The van der Waals surface area contributed by atoms with Gasteiger partial charge in [-0.05, 0) is 36.6 Å². The van der Waals surface area contributed by atoms with Crippen LogP contribution < -0.4 is 5.32 Å². The standard InChI is InChI=1S/C14H14BrNOS.H2S/c1-10(8-13-6-3-7-18-13)16-14(17)11-4-2-5-12(15)9-11;/h2-7,9-10H,8H2,1H3,(H,16,17);1H2/t10-;/m0./s1. The monoisotopic (exact) mass is 357 g/mol. The second-order valence-electron chi connectivity index (χ2n) is 4.17. The van der Waals surface area contributed by atoms with E-state index in [1.54, 1.807) is 11.3 Å². The average Bonchev–Trinajstić information content (AvgIpc) is 2.81. The van der Waals surface area contributed by atoms with Gasteiger partial charge in [-0.1, -0.05) is 28.1 Å². The van der Waals surface area contributed by atoms with Gasteiger partial charge in [0, 0.05) is 27.4 Å². The number of carbonyl (C=O) groups is 1. The third-order valence-corrected chi connectivity index (χ3v) is 3.94. The molecule has 2 aromatic rings. The van der Waals surface area contributed by atoms with Crippen LogP contribution in [0.15, 0.2) is 46.3 Å². The molecule has 0 saturated carbocycles. The van der Waals surface area contributed by atoms with Crippen molar-refractivity contribution >= 4 is 46.7 Å². The molecule has 0 fully saturated rings. The molecule has 2 nitrogen and oxygen atoms in total. The SMILES string of the molecule is C[C@@H](Cc1cccs1)NC(=O)c1cccc(Br)c1.S. The lowest BCUT2D eigenvalue weighted by Gasteiger charge is -2.13. The van der Waals surface area contributed by atoms with Crippen LogP contribution in [0.25, 0.3) is 0 Å². The Kier molecular flexibility index (Phi) is 6.62. The summed E-state index contributed by atoms with van der Waals surface area (Å²) in [6.45, 7) is 2.02. The first-order chi connectivity index (χ1) is 8.65. The van der Waals surface area contributed by atoms with Crippen LogP contribution in [0.2, 0.25) is 0 Å². The molecule has 1 atom stereocenters. The van der Waals surface area contributed by atoms with Crippen molar-refractivity contribution in [2.45, 2.75) is 19.4 Å². The van der Waals surface area contributed by atoms with Crippen molar-refractivity contribution in [2.75, 3.05) is 0 Å². The minimum absolute atomic E-state index is 0. The maximum absolute atomic E-state index is 12.0. The van der Waals surface area contributed by atoms with Crippen molar-refractivity contribution in [3.8, 4) is 0 Å². The Morgan fingerprint density at radius 1 is 1.37 bits per heavy atom. The smallest absolute Gasteiger partial charge is 0.251 e. The van der Waals surface area contributed by atoms with E-state index < -0.39 is 0 Å². The van der Waals surface area contributed by atoms with Crippen molar-refractivity contribution in [3.63, 3.8) is 0 Å². The molecule has 2 rings (SSSR count). The number of thiophene rings is 1. The highest BCUT2D eigenvalue weighted by molar-refractivity contribution is 9.10. The zero-order valence-corrected chi connectivity index (χ0v) is 13.9. The van der Waals surface area contributed by atoms with Gasteiger partial charge in [-0.3, -0.25) is 4.79 Å². The summed E-state index contributed by atoms with van der Waals surface area (Å²) < 4.78 is 0.918. The van der Waals surface area contributed by atoms with Crippen LogP contribution in [0.3, 0.4) is 0 Å². The molecule has 0 radical (unpaired) electrons. The molecule has 5 heteroatoms. The zero-order chi connectivity index (χ0) is 13.0. The third-order valence-electron chi connectivity index (χ3n) is 2.55. The van der Waals surface area contributed by atoms with Crippen molar-refractivity contribution in [2.24, 2.45) is 0 Å². The van der Waals surface area contributed by atoms with Crippen molar-refractivity contribution in [1.82, 2.24) is 5.32 Å². The maximum atomic E-state index is 12.0. The normalized spacial score (nSPS) is 11.5. The van der Waals surface area contributed by atoms with E-state index >= 15 is 0 Å². The predicted molar refractivity (Wildman–Crippen MR) is 89.5 cm³/mol. The van der Waals surface area contributed by atoms with Gasteiger partial charge < -0.3 is 5.32 Å². The van der Waals surface area contributed by atoms with Gasteiger partial charge >= 0.3 is 0 Å². The quantitative estimate of drug-likeness (QED) is 0.880. The van der Waals surface area contributed by atoms with Gasteiger partial charge in [0.15, 0.2) is 0 Å². The summed E-state index contributed by atoms with van der Waals surface area (Å²) >= 11 is 5.08. The Bertz CT molecular complexity index is 528. The summed E-state index contributed by atoms with van der Waals surface area (Å²) in [6.07, 6.45) is 0.872. The maximum Gasteiger partial charge on any atom is 0.251 e. The molecule has 0 aliphatic carbocycles. The van der Waals surface area contributed by atoms with Gasteiger partial charge in [0.05, 0.1) is 0 Å². The summed E-state index contributed by atoms with van der Waals surface area (Å²) in [5.41, 5.74) is 0.683. The molecule has 1 aromatic heterocycles. The Morgan fingerprint density at radius 2 is 2.16 bits per heavy atom. The van der Waals surface area contributed by atoms with E-state index in [0.717, 1.165) is 10.9 Å². The fourth-order valence-electron chi connectivity index (χ4n) is 1.72. The number of carbonyl (C=O) groups excluding carboxylic acids is 1. The Hall–Kier alpha value is -0.780. The summed E-state index contributed by atoms with van der Waals surface area (Å²) in [6, 6.07) is 11.7. The van der Waals surface area contributed by atoms with E-state index in [9.17, 15) is 4.79 Å². The van der Waals surface area contributed by atoms with E-state index in [-0.39, 0.29) is 25.4 Å². The second-order valence-corrected chi connectivity index (χ2v) is 6.12. The highest BCUT2D eigenvalue weighted by Gasteiger charge is 2.10. The first-order valence-corrected chi connectivity index (χ1v) is 7.41. The Morgan fingerprint density at radius 3 is 2.79 bits per heavy atom. The molecule has 102 valence electrons. The molecule has 0 aliphatic heterocycles. The molecule has 19 heavy (non-hydrogen) atoms. The molecule has 1 aromatic carbocycles. The van der Waals surface area contributed by atoms with E-state index in [1.807, 2.05) is 37.3 Å². The van der Waals surface area contributed by atoms with E-state index in [2.05, 4.69) is 32.7 Å². The van der Waals surface area contributed by atoms with Crippen LogP contribution in [0, 0.1) is 0 Å². The average molecular weight is 358 g/mol. The molecule has 0 unspecified atom stereocenters. The van der Waals surface area contributed by atoms with Crippen LogP contribution in [0.5, 0.6) is 0 Å². The number of halogens is 1. The lowest BCUT2D eigenvalue weighted by atomic mass is 10.1. The molecule has 0 spiro atoms. The van der Waals surface area contributed by atoms with Crippen LogP contribution >= 0.6 is 40.8 Å². The highest BCUT2D eigenvalue weighted by atomic mass is 79.9. The highest BCUT2D eigenvalue weighted by Crippen LogP contribution is 2.13. The van der Waals surface area contributed by atoms with Crippen molar-refractivity contribution < 1.29 is 4.79 Å². The number of hydrogen-bond donors (Lipinski definition) is 1. The topological polar surface area (TPSA) is 29.1 Å². The fraction of sp³-hybridized carbons (Fsp3) is 0.214. The zero-order valence-electron chi connectivity index (χ0n) is 10.5. The third kappa shape index (κ3) is 5.01. The van der Waals surface area contributed by atoms with Gasteiger partial charge in [-0.15, -0.1) is 11.3 Å². The van der Waals surface area contributed by atoms with Crippen LogP contribution in [-0.2, 0) is 6.42 Å². The molecule has 0 saturated heterocycles. The van der Waals surface area contributed by atoms with Crippen LogP contribution in [-0.4, -0.2) is 11.9 Å². The summed E-state index contributed by atoms with van der Waals surface area (Å²) in [5.74, 6) is -0.0274. The number of benzene rings is 1. The minimum atomic E-state index is -0.0274. The van der Waals surface area contributed by atoms with Gasteiger partial charge in [0.1, 0.15) is 0 Å². The molecular weight excluding hydrogens is 342 g/mol. The molecule has 1 heterocycles. The number of amides is 1. The van der Waals surface area contributed by atoms with Crippen LogP contribution in [0.4, 0.5) is 0 Å². The Labute approximate surface area is 132 Å². The van der Waals surface area contributed by atoms with E-state index in [4.69, 9.17) is 0 Å². The van der Waals surface area contributed by atoms with Gasteiger partial charge in [0.2, 0.25) is 0 Å². The lowest BCUT2D eigenvalue weighted by Crippen LogP contribution is -2.33. The largest absolute Gasteiger partial charge is 0.349 e. The molecule has 0 bridgehead atoms. The summed E-state index contributed by atoms with van der Waals surface area (Å²) in [5, 5.41) is 5.06. The molecule has 1 amide bonds. The molecule has 1 N–H and O–H groups in total. The van der Waals surface area contributed by atoms with Crippen molar-refractivity contribution in [3.05, 3.63) is 56.7 Å².